The number of carboxylic acids is 3. The molecule has 0 aromatic rings. The number of rotatable bonds is 15. The summed E-state index contributed by atoms with van der Waals surface area (Å²) in [5.74, 6) is -12.4. The van der Waals surface area contributed by atoms with E-state index in [1.54, 1.807) is 20.3 Å². The molecular formula is C38H50Na4O19. The number of hydrogen-bond donors (Lipinski definition) is 0. The van der Waals surface area contributed by atoms with Gasteiger partial charge in [-0.25, -0.2) is 0 Å². The van der Waals surface area contributed by atoms with Crippen LogP contribution in [0.5, 0.6) is 0 Å². The number of cyclic esters (lactones) is 2. The van der Waals surface area contributed by atoms with Gasteiger partial charge in [-0.1, -0.05) is 46.1 Å². The second kappa shape index (κ2) is 30.1. The summed E-state index contributed by atoms with van der Waals surface area (Å²) >= 11 is 0. The molecule has 0 N–H and O–H groups in total. The normalized spacial score (nSPS) is 34.0. The Morgan fingerprint density at radius 2 is 0.902 bits per heavy atom. The molecule has 5 aliphatic rings. The molecule has 5 heterocycles. The van der Waals surface area contributed by atoms with Crippen LogP contribution in [0.3, 0.4) is 0 Å². The van der Waals surface area contributed by atoms with E-state index in [1.165, 1.54) is 14.2 Å². The van der Waals surface area contributed by atoms with Crippen molar-refractivity contribution in [2.75, 3.05) is 14.2 Å². The van der Waals surface area contributed by atoms with E-state index in [0.29, 0.717) is 44.9 Å². The van der Waals surface area contributed by atoms with Crippen LogP contribution in [0.1, 0.15) is 79.1 Å². The molecule has 5 aliphatic heterocycles. The maximum absolute atomic E-state index is 12.4. The molecule has 61 heavy (non-hydrogen) atoms. The summed E-state index contributed by atoms with van der Waals surface area (Å²) < 4.78 is 37.8. The fraction of sp³-hybridized carbons (Fsp3) is 0.763. The molecule has 23 heteroatoms. The minimum Gasteiger partial charge on any atom is -0.553 e. The summed E-state index contributed by atoms with van der Waals surface area (Å²) in [5, 5.41) is 33.8. The number of methoxy groups -OCH3 is 2. The molecule has 5 saturated heterocycles. The van der Waals surface area contributed by atoms with E-state index in [-0.39, 0.29) is 137 Å². The van der Waals surface area contributed by atoms with Crippen LogP contribution in [0.4, 0.5) is 0 Å². The van der Waals surface area contributed by atoms with Gasteiger partial charge in [0.2, 0.25) is 0 Å². The van der Waals surface area contributed by atoms with Gasteiger partial charge < -0.3 is 62.9 Å². The van der Waals surface area contributed by atoms with Crippen molar-refractivity contribution in [2.24, 2.45) is 41.4 Å². The van der Waals surface area contributed by atoms with E-state index in [0.717, 1.165) is 0 Å². The Hall–Kier alpha value is -0.290. The summed E-state index contributed by atoms with van der Waals surface area (Å²) in [6.07, 6.45) is 0.647. The topological polar surface area (TPSA) is 287 Å². The Labute approximate surface area is 443 Å². The fourth-order valence-electron chi connectivity index (χ4n) is 8.77. The van der Waals surface area contributed by atoms with Crippen LogP contribution in [0.25, 0.3) is 0 Å². The van der Waals surface area contributed by atoms with Crippen LogP contribution in [0, 0.1) is 47.8 Å². The second-order valence-electron chi connectivity index (χ2n) is 14.3. The first-order valence-corrected chi connectivity index (χ1v) is 19.1. The third-order valence-electron chi connectivity index (χ3n) is 11.4. The van der Waals surface area contributed by atoms with E-state index in [2.05, 4.69) is 0 Å². The van der Waals surface area contributed by atoms with Gasteiger partial charge in [-0.15, -0.1) is 0 Å². The van der Waals surface area contributed by atoms with Crippen molar-refractivity contribution in [1.82, 2.24) is 0 Å². The first kappa shape index (κ1) is 62.8. The second-order valence-corrected chi connectivity index (χ2v) is 14.3. The summed E-state index contributed by atoms with van der Waals surface area (Å²) in [7, 11) is 2.54. The van der Waals surface area contributed by atoms with E-state index in [9.17, 15) is 48.9 Å². The van der Waals surface area contributed by atoms with Gasteiger partial charge in [-0.05, 0) is 44.9 Å². The Balaban J connectivity index is 0. The molecule has 15 unspecified atom stereocenters. The van der Waals surface area contributed by atoms with Crippen molar-refractivity contribution in [3.63, 3.8) is 0 Å². The van der Waals surface area contributed by atoms with Crippen LogP contribution in [-0.2, 0) is 76.3 Å². The van der Waals surface area contributed by atoms with Crippen molar-refractivity contribution in [3.8, 4) is 0 Å². The average molecular weight is 903 g/mol. The molecule has 0 radical (unpaired) electrons. The van der Waals surface area contributed by atoms with Crippen molar-refractivity contribution in [2.45, 2.75) is 128 Å². The first-order chi connectivity index (χ1) is 27.1. The smallest absolute Gasteiger partial charge is 0.553 e. The van der Waals surface area contributed by atoms with Crippen molar-refractivity contribution < 1.29 is 210 Å². The van der Waals surface area contributed by atoms with E-state index >= 15 is 0 Å². The quantitative estimate of drug-likeness (QED) is 0.0485. The Bertz CT molecular complexity index is 1510. The summed E-state index contributed by atoms with van der Waals surface area (Å²) in [5.41, 5.74) is 0. The zero-order valence-corrected chi connectivity index (χ0v) is 44.7. The summed E-state index contributed by atoms with van der Waals surface area (Å²) in [6.45, 7) is 7.27. The summed E-state index contributed by atoms with van der Waals surface area (Å²) in [6, 6.07) is 0. The van der Waals surface area contributed by atoms with E-state index in [4.69, 9.17) is 42.7 Å². The first-order valence-electron chi connectivity index (χ1n) is 19.1. The number of hydrogen-bond acceptors (Lipinski definition) is 19. The predicted molar refractivity (Wildman–Crippen MR) is 178 cm³/mol. The third kappa shape index (κ3) is 15.4. The maximum atomic E-state index is 12.4. The van der Waals surface area contributed by atoms with Gasteiger partial charge in [0.25, 0.3) is 0 Å². The van der Waals surface area contributed by atoms with Crippen LogP contribution in [-0.4, -0.2) is 111 Å². The maximum Gasteiger partial charge on any atom is 1.00 e. The number of aliphatic carboxylic acids is 3. The molecule has 19 nitrogen and oxygen atoms in total. The SMILES string of the molecule is CCC1OC(CCC2OC(CC)C(C(=O)[O-])C2C(=O)[O-])[CH-]C1C(=O)[O-].CCC1OC(CCC2OC(CC)C3C(=O)OC(=O)C23)C(C(=O)OC)C1C(=O)OC.O=C=O.[Na+].[Na+].[Na+].[Na+]. The molecule has 5 fully saturated rings. The standard InChI is InChI=1S/C20H28O9.C17H25O8.CO2.4Na/c1-5-9-13(17(21)25-3)15(18(22)26-4)11(27-9)7-8-12-16-14(10(6-2)28-12)19(23)29-20(16)24;1-3-10-9(15(18)19)7-8(24-10)5-6-12-14(17(22)23)13(16(20)21)11(4-2)25-12;2-1-3;;;;/h9-16H,5-8H2,1-4H3;7-14H,3-6H2,1-2H3,(H,18,19)(H,20,21)(H,22,23);;;;;/q;-1;;4*+1/p-3. The van der Waals surface area contributed by atoms with E-state index in [1.807, 2.05) is 13.8 Å². The number of ether oxygens (including phenoxy) is 7. The molecule has 0 amide bonds. The van der Waals surface area contributed by atoms with Crippen molar-refractivity contribution >= 4 is 47.9 Å². The fourth-order valence-corrected chi connectivity index (χ4v) is 8.77. The van der Waals surface area contributed by atoms with Crippen LogP contribution >= 0.6 is 0 Å². The van der Waals surface area contributed by atoms with Crippen molar-refractivity contribution in [1.29, 1.82) is 0 Å². The van der Waals surface area contributed by atoms with Gasteiger partial charge in [-0.2, -0.15) is 9.59 Å². The molecular weight excluding hydrogens is 852 g/mol. The monoisotopic (exact) mass is 902 g/mol. The number of carboxylic acid groups (broad SMARTS) is 3. The van der Waals surface area contributed by atoms with Gasteiger partial charge >= 0.3 is 148 Å². The number of fused-ring (bicyclic) bond motifs is 1. The Morgan fingerprint density at radius 1 is 0.541 bits per heavy atom. The number of carbonyl (C=O) groups is 7. The van der Waals surface area contributed by atoms with Gasteiger partial charge in [0, 0.05) is 35.8 Å². The zero-order valence-electron chi connectivity index (χ0n) is 36.7. The van der Waals surface area contributed by atoms with Crippen LogP contribution in [0.2, 0.25) is 0 Å². The van der Waals surface area contributed by atoms with Crippen LogP contribution in [0.15, 0.2) is 0 Å². The predicted octanol–water partition coefficient (Wildman–Crippen LogP) is -14.1. The Kier molecular flexibility index (Phi) is 31.0. The molecule has 0 aliphatic carbocycles. The van der Waals surface area contributed by atoms with Crippen LogP contribution < -0.4 is 134 Å². The minimum atomic E-state index is -1.48. The van der Waals surface area contributed by atoms with Gasteiger partial charge in [-0.3, -0.25) is 25.6 Å². The molecule has 0 spiro atoms. The molecule has 0 aromatic carbocycles. The molecule has 5 rings (SSSR count). The number of esters is 4. The van der Waals surface area contributed by atoms with Gasteiger partial charge in [0.15, 0.2) is 0 Å². The zero-order chi connectivity index (χ0) is 42.7. The molecule has 15 atom stereocenters. The molecule has 320 valence electrons. The van der Waals surface area contributed by atoms with Gasteiger partial charge in [0.1, 0.15) is 0 Å². The molecule has 0 aromatic heterocycles. The van der Waals surface area contributed by atoms with Gasteiger partial charge in [0.05, 0.1) is 74.5 Å². The summed E-state index contributed by atoms with van der Waals surface area (Å²) in [4.78, 5) is 98.9. The Morgan fingerprint density at radius 3 is 1.31 bits per heavy atom. The minimum absolute atomic E-state index is 0. The average Bonchev–Trinajstić information content (AvgIpc) is 4.00. The molecule has 0 saturated carbocycles. The van der Waals surface area contributed by atoms with E-state index < -0.39 is 126 Å². The molecule has 0 bridgehead atoms. The van der Waals surface area contributed by atoms with Crippen molar-refractivity contribution in [3.05, 3.63) is 6.42 Å². The largest absolute Gasteiger partial charge is 1.00 e. The third-order valence-corrected chi connectivity index (χ3v) is 11.4. The number of carbonyl (C=O) groups excluding carboxylic acids is 9.